The fourth-order valence-corrected chi connectivity index (χ4v) is 2.40. The molecule has 1 aromatic carbocycles. The summed E-state index contributed by atoms with van der Waals surface area (Å²) in [6, 6.07) is 1.20. The molecule has 0 spiro atoms. The van der Waals surface area contributed by atoms with Crippen molar-refractivity contribution in [2.75, 3.05) is 13.7 Å². The van der Waals surface area contributed by atoms with Crippen LogP contribution in [0.4, 0.5) is 10.1 Å². The average Bonchev–Trinajstić information content (AvgIpc) is 2.29. The monoisotopic (exact) mass is 327 g/mol. The van der Waals surface area contributed by atoms with Gasteiger partial charge in [0.05, 0.1) is 17.6 Å². The molecule has 1 rings (SSSR count). The first kappa shape index (κ1) is 16.6. The maximum atomic E-state index is 13.8. The van der Waals surface area contributed by atoms with E-state index in [0.717, 1.165) is 0 Å². The van der Waals surface area contributed by atoms with Crippen LogP contribution in [-0.4, -0.2) is 33.2 Å². The third-order valence-electron chi connectivity index (χ3n) is 2.19. The van der Waals surface area contributed by atoms with Gasteiger partial charge in [0.1, 0.15) is 11.0 Å². The summed E-state index contributed by atoms with van der Waals surface area (Å²) >= 11 is 0. The predicted molar refractivity (Wildman–Crippen MR) is 68.1 cm³/mol. The predicted octanol–water partition coefficient (Wildman–Crippen LogP) is 2.08. The van der Waals surface area contributed by atoms with Crippen LogP contribution in [0.3, 0.4) is 0 Å². The Hall–Kier alpha value is -1.45. The summed E-state index contributed by atoms with van der Waals surface area (Å²) in [6.07, 6.45) is -0.673. The zero-order chi connectivity index (χ0) is 15.5. The van der Waals surface area contributed by atoms with Crippen molar-refractivity contribution in [3.8, 4) is 5.75 Å². The van der Waals surface area contributed by atoms with Crippen LogP contribution in [0, 0.1) is 15.9 Å². The first-order valence-corrected chi connectivity index (χ1v) is 7.56. The topological polar surface area (TPSA) is 95.7 Å². The number of methoxy groups -OCH3 is 1. The van der Waals surface area contributed by atoms with Crippen LogP contribution in [0.25, 0.3) is 0 Å². The molecule has 0 fully saturated rings. The first-order valence-electron chi connectivity index (χ1n) is 5.25. The average molecular weight is 328 g/mol. The van der Waals surface area contributed by atoms with E-state index in [1.54, 1.807) is 0 Å². The Morgan fingerprint density at radius 3 is 2.55 bits per heavy atom. The maximum absolute atomic E-state index is 13.8. The molecule has 0 aliphatic carbocycles. The fourth-order valence-electron chi connectivity index (χ4n) is 1.43. The van der Waals surface area contributed by atoms with Gasteiger partial charge in [-0.25, -0.2) is 12.8 Å². The van der Waals surface area contributed by atoms with Gasteiger partial charge in [0.2, 0.25) is 0 Å². The molecular weight excluding hydrogens is 317 g/mol. The second kappa shape index (κ2) is 6.33. The molecule has 0 N–H and O–H groups in total. The van der Waals surface area contributed by atoms with Crippen LogP contribution in [0.1, 0.15) is 6.92 Å². The summed E-state index contributed by atoms with van der Waals surface area (Å²) in [5.41, 5.74) is -0.742. The number of hydrogen-bond acceptors (Lipinski definition) is 6. The summed E-state index contributed by atoms with van der Waals surface area (Å²) in [5.74, 6) is -1.86. The van der Waals surface area contributed by atoms with Gasteiger partial charge < -0.3 is 9.47 Å². The SMILES string of the molecule is COCC(C)Oc1c(F)cc([N+](=O)[O-])cc1S(=O)(=O)Cl. The lowest BCUT2D eigenvalue weighted by Gasteiger charge is -2.16. The number of ether oxygens (including phenoxy) is 2. The summed E-state index contributed by atoms with van der Waals surface area (Å²) in [4.78, 5) is 8.88. The van der Waals surface area contributed by atoms with Crippen molar-refractivity contribution < 1.29 is 27.2 Å². The van der Waals surface area contributed by atoms with Crippen LogP contribution < -0.4 is 4.74 Å². The van der Waals surface area contributed by atoms with Gasteiger partial charge in [-0.3, -0.25) is 10.1 Å². The molecule has 0 radical (unpaired) electrons. The second-order valence-corrected chi connectivity index (χ2v) is 6.37. The number of benzene rings is 1. The van der Waals surface area contributed by atoms with E-state index >= 15 is 0 Å². The Bertz CT molecular complexity index is 620. The molecule has 1 aromatic rings. The largest absolute Gasteiger partial charge is 0.484 e. The van der Waals surface area contributed by atoms with Crippen molar-refractivity contribution in [1.82, 2.24) is 0 Å². The minimum atomic E-state index is -4.41. The van der Waals surface area contributed by atoms with Crippen LogP contribution >= 0.6 is 10.7 Å². The Labute approximate surface area is 118 Å². The molecule has 0 saturated heterocycles. The van der Waals surface area contributed by atoms with E-state index in [9.17, 15) is 22.9 Å². The van der Waals surface area contributed by atoms with E-state index in [1.165, 1.54) is 14.0 Å². The molecule has 1 atom stereocenters. The van der Waals surface area contributed by atoms with Gasteiger partial charge >= 0.3 is 0 Å². The molecule has 7 nitrogen and oxygen atoms in total. The Kier molecular flexibility index (Phi) is 5.26. The van der Waals surface area contributed by atoms with Gasteiger partial charge in [-0.05, 0) is 6.92 Å². The number of nitro benzene ring substituents is 1. The highest BCUT2D eigenvalue weighted by molar-refractivity contribution is 8.13. The molecule has 0 bridgehead atoms. The van der Waals surface area contributed by atoms with E-state index in [0.29, 0.717) is 12.1 Å². The number of hydrogen-bond donors (Lipinski definition) is 0. The third kappa shape index (κ3) is 4.02. The lowest BCUT2D eigenvalue weighted by molar-refractivity contribution is -0.385. The number of nitrogens with zero attached hydrogens (tertiary/aromatic N) is 1. The summed E-state index contributed by atoms with van der Waals surface area (Å²) in [5, 5.41) is 10.6. The maximum Gasteiger partial charge on any atom is 0.273 e. The van der Waals surface area contributed by atoms with E-state index in [-0.39, 0.29) is 6.61 Å². The fraction of sp³-hybridized carbons (Fsp3) is 0.400. The van der Waals surface area contributed by atoms with E-state index in [1.807, 2.05) is 0 Å². The van der Waals surface area contributed by atoms with Crippen molar-refractivity contribution in [1.29, 1.82) is 0 Å². The van der Waals surface area contributed by atoms with Crippen molar-refractivity contribution in [2.24, 2.45) is 0 Å². The van der Waals surface area contributed by atoms with Gasteiger partial charge in [0.15, 0.2) is 11.6 Å². The van der Waals surface area contributed by atoms with E-state index in [2.05, 4.69) is 0 Å². The van der Waals surface area contributed by atoms with Crippen molar-refractivity contribution in [3.63, 3.8) is 0 Å². The van der Waals surface area contributed by atoms with Crippen LogP contribution in [0.2, 0.25) is 0 Å². The Morgan fingerprint density at radius 1 is 1.50 bits per heavy atom. The van der Waals surface area contributed by atoms with Crippen LogP contribution in [-0.2, 0) is 13.8 Å². The number of rotatable bonds is 6. The molecule has 1 unspecified atom stereocenters. The number of halogens is 2. The lowest BCUT2D eigenvalue weighted by Crippen LogP contribution is -2.19. The van der Waals surface area contributed by atoms with E-state index < -0.39 is 42.2 Å². The summed E-state index contributed by atoms with van der Waals surface area (Å²) in [6.45, 7) is 1.58. The van der Waals surface area contributed by atoms with Crippen LogP contribution in [0.5, 0.6) is 5.75 Å². The molecule has 0 heterocycles. The second-order valence-electron chi connectivity index (χ2n) is 3.83. The first-order chi connectivity index (χ1) is 9.16. The number of non-ortho nitro benzene ring substituents is 1. The smallest absolute Gasteiger partial charge is 0.273 e. The highest BCUT2D eigenvalue weighted by Crippen LogP contribution is 2.34. The molecule has 20 heavy (non-hydrogen) atoms. The Morgan fingerprint density at radius 2 is 2.10 bits per heavy atom. The molecule has 0 saturated carbocycles. The highest BCUT2D eigenvalue weighted by atomic mass is 35.7. The molecule has 0 aliphatic rings. The zero-order valence-electron chi connectivity index (χ0n) is 10.5. The number of nitro groups is 1. The molecule has 0 amide bonds. The van der Waals surface area contributed by atoms with Crippen molar-refractivity contribution in [2.45, 2.75) is 17.9 Å². The summed E-state index contributed by atoms with van der Waals surface area (Å²) in [7, 11) is 2.11. The van der Waals surface area contributed by atoms with E-state index in [4.69, 9.17) is 20.2 Å². The van der Waals surface area contributed by atoms with Crippen molar-refractivity contribution in [3.05, 3.63) is 28.1 Å². The quantitative estimate of drug-likeness (QED) is 0.451. The van der Waals surface area contributed by atoms with Gasteiger partial charge in [0, 0.05) is 23.9 Å². The third-order valence-corrected chi connectivity index (χ3v) is 3.52. The minimum absolute atomic E-state index is 0.0677. The van der Waals surface area contributed by atoms with Gasteiger partial charge in [-0.2, -0.15) is 0 Å². The highest BCUT2D eigenvalue weighted by Gasteiger charge is 2.26. The summed E-state index contributed by atoms with van der Waals surface area (Å²) < 4.78 is 46.4. The molecule has 10 heteroatoms. The molecular formula is C10H11ClFNO6S. The molecule has 0 aromatic heterocycles. The normalized spacial score (nSPS) is 13.0. The zero-order valence-corrected chi connectivity index (χ0v) is 12.1. The molecule has 0 aliphatic heterocycles. The Balaban J connectivity index is 3.39. The molecule has 112 valence electrons. The minimum Gasteiger partial charge on any atom is -0.484 e. The van der Waals surface area contributed by atoms with Crippen LogP contribution in [0.15, 0.2) is 17.0 Å². The lowest BCUT2D eigenvalue weighted by atomic mass is 10.3. The van der Waals surface area contributed by atoms with Gasteiger partial charge in [0.25, 0.3) is 14.7 Å². The van der Waals surface area contributed by atoms with Gasteiger partial charge in [-0.15, -0.1) is 0 Å². The van der Waals surface area contributed by atoms with Gasteiger partial charge in [-0.1, -0.05) is 0 Å². The van der Waals surface area contributed by atoms with Crippen molar-refractivity contribution >= 4 is 25.4 Å². The standard InChI is InChI=1S/C10H11ClFNO6S/c1-6(5-18-2)19-10-8(12)3-7(13(14)15)4-9(10)20(11,16)17/h3-4,6H,5H2,1-2H3.